The molecular weight excluding hydrogens is 322 g/mol. The molecule has 1 heterocycles. The monoisotopic (exact) mass is 347 g/mol. The number of aryl methyl sites for hydroxylation is 1. The van der Waals surface area contributed by atoms with E-state index >= 15 is 0 Å². The molecule has 1 aromatic heterocycles. The van der Waals surface area contributed by atoms with Gasteiger partial charge in [-0.3, -0.25) is 0 Å². The summed E-state index contributed by atoms with van der Waals surface area (Å²) in [5.41, 5.74) is 0.896. The fourth-order valence-electron chi connectivity index (χ4n) is 2.21. The van der Waals surface area contributed by atoms with Crippen LogP contribution < -0.4 is 20.1 Å². The number of benzene rings is 1. The molecule has 0 fully saturated rings. The van der Waals surface area contributed by atoms with Gasteiger partial charge in [0.2, 0.25) is 0 Å². The lowest BCUT2D eigenvalue weighted by Crippen LogP contribution is -2.30. The Labute approximate surface area is 147 Å². The lowest BCUT2D eigenvalue weighted by molar-refractivity contribution is 0.355. The molecule has 0 radical (unpaired) electrons. The summed E-state index contributed by atoms with van der Waals surface area (Å²) < 4.78 is 10.6. The Hall–Kier alpha value is -2.21. The van der Waals surface area contributed by atoms with Gasteiger partial charge in [0.05, 0.1) is 20.8 Å². The first kappa shape index (κ1) is 18.1. The Balaban J connectivity index is 2.11. The molecule has 6 heteroatoms. The standard InChI is InChI=1S/C18H25N3O2S/c1-5-14-8-9-15(24-14)12-20-18(19-6-2)21-13-7-10-16(22-3)17(11-13)23-4/h7-11H,5-6,12H2,1-4H3,(H2,19,20,21). The van der Waals surface area contributed by atoms with E-state index in [4.69, 9.17) is 9.47 Å². The van der Waals surface area contributed by atoms with Gasteiger partial charge in [-0.05, 0) is 37.6 Å². The molecule has 0 unspecified atom stereocenters. The van der Waals surface area contributed by atoms with Crippen LogP contribution in [0.2, 0.25) is 0 Å². The molecule has 1 aromatic carbocycles. The maximum atomic E-state index is 5.34. The van der Waals surface area contributed by atoms with Gasteiger partial charge in [0.15, 0.2) is 17.5 Å². The van der Waals surface area contributed by atoms with Crippen LogP contribution in [0.1, 0.15) is 23.6 Å². The molecule has 0 saturated heterocycles. The summed E-state index contributed by atoms with van der Waals surface area (Å²) >= 11 is 1.81. The Morgan fingerprint density at radius 2 is 1.79 bits per heavy atom. The number of hydrogen-bond acceptors (Lipinski definition) is 4. The van der Waals surface area contributed by atoms with Gasteiger partial charge >= 0.3 is 0 Å². The number of nitrogens with zero attached hydrogens (tertiary/aromatic N) is 1. The maximum absolute atomic E-state index is 5.34. The fraction of sp³-hybridized carbons (Fsp3) is 0.389. The van der Waals surface area contributed by atoms with E-state index in [0.717, 1.165) is 24.6 Å². The first-order chi connectivity index (χ1) is 11.7. The zero-order chi connectivity index (χ0) is 17.4. The number of nitrogens with one attached hydrogen (secondary N) is 2. The molecule has 0 saturated carbocycles. The number of rotatable bonds is 7. The highest BCUT2D eigenvalue weighted by molar-refractivity contribution is 7.11. The number of methoxy groups -OCH3 is 2. The second-order valence-electron chi connectivity index (χ2n) is 5.11. The van der Waals surface area contributed by atoms with Gasteiger partial charge in [0, 0.05) is 28.1 Å². The third-order valence-electron chi connectivity index (χ3n) is 3.45. The second-order valence-corrected chi connectivity index (χ2v) is 6.36. The van der Waals surface area contributed by atoms with Crippen LogP contribution in [0.5, 0.6) is 11.5 Å². The van der Waals surface area contributed by atoms with Crippen LogP contribution in [0.4, 0.5) is 5.69 Å². The summed E-state index contributed by atoms with van der Waals surface area (Å²) in [7, 11) is 3.26. The third-order valence-corrected chi connectivity index (χ3v) is 4.66. The minimum Gasteiger partial charge on any atom is -0.493 e. The molecule has 0 aliphatic carbocycles. The number of guanidine groups is 1. The van der Waals surface area contributed by atoms with Gasteiger partial charge in [0.1, 0.15) is 0 Å². The molecular formula is C18H25N3O2S. The van der Waals surface area contributed by atoms with Crippen LogP contribution in [0.15, 0.2) is 35.3 Å². The minimum atomic E-state index is 0.660. The molecule has 0 aliphatic rings. The highest BCUT2D eigenvalue weighted by Gasteiger charge is 2.06. The van der Waals surface area contributed by atoms with Gasteiger partial charge in [-0.25, -0.2) is 4.99 Å². The average molecular weight is 347 g/mol. The molecule has 0 bridgehead atoms. The molecule has 130 valence electrons. The van der Waals surface area contributed by atoms with Crippen molar-refractivity contribution >= 4 is 23.0 Å². The zero-order valence-electron chi connectivity index (χ0n) is 14.7. The van der Waals surface area contributed by atoms with E-state index in [-0.39, 0.29) is 0 Å². The van der Waals surface area contributed by atoms with Crippen molar-refractivity contribution in [2.45, 2.75) is 26.8 Å². The van der Waals surface area contributed by atoms with Crippen LogP contribution >= 0.6 is 11.3 Å². The Kier molecular flexibility index (Phi) is 6.93. The highest BCUT2D eigenvalue weighted by Crippen LogP contribution is 2.29. The maximum Gasteiger partial charge on any atom is 0.196 e. The molecule has 0 aliphatic heterocycles. The largest absolute Gasteiger partial charge is 0.493 e. The van der Waals surface area contributed by atoms with E-state index in [1.165, 1.54) is 9.75 Å². The van der Waals surface area contributed by atoms with Crippen LogP contribution in [-0.4, -0.2) is 26.7 Å². The summed E-state index contributed by atoms with van der Waals surface area (Å²) in [6.45, 7) is 5.67. The Morgan fingerprint density at radius 3 is 2.42 bits per heavy atom. The summed E-state index contributed by atoms with van der Waals surface area (Å²) in [5, 5.41) is 6.56. The summed E-state index contributed by atoms with van der Waals surface area (Å²) in [6.07, 6.45) is 1.07. The Morgan fingerprint density at radius 1 is 1.04 bits per heavy atom. The quantitative estimate of drug-likeness (QED) is 0.589. The van der Waals surface area contributed by atoms with Crippen molar-refractivity contribution in [2.75, 3.05) is 26.1 Å². The van der Waals surface area contributed by atoms with Crippen LogP contribution in [0.3, 0.4) is 0 Å². The molecule has 2 rings (SSSR count). The van der Waals surface area contributed by atoms with Crippen LogP contribution in [0.25, 0.3) is 0 Å². The first-order valence-electron chi connectivity index (χ1n) is 8.05. The first-order valence-corrected chi connectivity index (χ1v) is 8.86. The lowest BCUT2D eigenvalue weighted by Gasteiger charge is -2.13. The van der Waals surface area contributed by atoms with E-state index in [9.17, 15) is 0 Å². The van der Waals surface area contributed by atoms with Gasteiger partial charge < -0.3 is 20.1 Å². The SMILES string of the molecule is CCNC(=NCc1ccc(CC)s1)Nc1ccc(OC)c(OC)c1. The summed E-state index contributed by atoms with van der Waals surface area (Å²) in [6, 6.07) is 10.0. The molecule has 2 N–H and O–H groups in total. The van der Waals surface area contributed by atoms with E-state index in [2.05, 4.69) is 34.7 Å². The van der Waals surface area contributed by atoms with E-state index in [0.29, 0.717) is 18.0 Å². The molecule has 0 spiro atoms. The molecule has 0 atom stereocenters. The molecule has 2 aromatic rings. The third kappa shape index (κ3) is 4.89. The van der Waals surface area contributed by atoms with Crippen molar-refractivity contribution in [1.82, 2.24) is 5.32 Å². The number of aliphatic imine (C=N–C) groups is 1. The van der Waals surface area contributed by atoms with Gasteiger partial charge in [-0.15, -0.1) is 11.3 Å². The van der Waals surface area contributed by atoms with Crippen LogP contribution in [0, 0.1) is 0 Å². The minimum absolute atomic E-state index is 0.660. The summed E-state index contributed by atoms with van der Waals surface area (Å²) in [5.74, 6) is 2.14. The van der Waals surface area contributed by atoms with Gasteiger partial charge in [0.25, 0.3) is 0 Å². The van der Waals surface area contributed by atoms with E-state index in [1.807, 2.05) is 36.5 Å². The average Bonchev–Trinajstić information content (AvgIpc) is 3.08. The van der Waals surface area contributed by atoms with Crippen molar-refractivity contribution in [1.29, 1.82) is 0 Å². The summed E-state index contributed by atoms with van der Waals surface area (Å²) in [4.78, 5) is 7.31. The smallest absolute Gasteiger partial charge is 0.196 e. The number of hydrogen-bond donors (Lipinski definition) is 2. The van der Waals surface area contributed by atoms with Crippen molar-refractivity contribution in [2.24, 2.45) is 4.99 Å². The second kappa shape index (κ2) is 9.17. The highest BCUT2D eigenvalue weighted by atomic mass is 32.1. The van der Waals surface area contributed by atoms with Crippen LogP contribution in [-0.2, 0) is 13.0 Å². The van der Waals surface area contributed by atoms with E-state index in [1.54, 1.807) is 14.2 Å². The van der Waals surface area contributed by atoms with Crippen molar-refractivity contribution in [3.8, 4) is 11.5 Å². The van der Waals surface area contributed by atoms with Crippen molar-refractivity contribution < 1.29 is 9.47 Å². The number of anilines is 1. The molecule has 24 heavy (non-hydrogen) atoms. The molecule has 5 nitrogen and oxygen atoms in total. The predicted octanol–water partition coefficient (Wildman–Crippen LogP) is 3.91. The number of ether oxygens (including phenoxy) is 2. The van der Waals surface area contributed by atoms with Crippen molar-refractivity contribution in [3.05, 3.63) is 40.1 Å². The van der Waals surface area contributed by atoms with Crippen molar-refractivity contribution in [3.63, 3.8) is 0 Å². The van der Waals surface area contributed by atoms with E-state index < -0.39 is 0 Å². The topological polar surface area (TPSA) is 54.9 Å². The lowest BCUT2D eigenvalue weighted by atomic mass is 10.3. The normalized spacial score (nSPS) is 11.2. The predicted molar refractivity (Wildman–Crippen MR) is 102 cm³/mol. The zero-order valence-corrected chi connectivity index (χ0v) is 15.5. The Bertz CT molecular complexity index is 683. The van der Waals surface area contributed by atoms with Gasteiger partial charge in [-0.1, -0.05) is 6.92 Å². The van der Waals surface area contributed by atoms with Gasteiger partial charge in [-0.2, -0.15) is 0 Å². The fourth-order valence-corrected chi connectivity index (χ4v) is 3.09. The number of thiophene rings is 1. The molecule has 0 amide bonds.